The van der Waals surface area contributed by atoms with Gasteiger partial charge in [0.2, 0.25) is 0 Å². The van der Waals surface area contributed by atoms with Crippen molar-refractivity contribution >= 4 is 0 Å². The molecule has 1 fully saturated rings. The van der Waals surface area contributed by atoms with Gasteiger partial charge in [-0.2, -0.15) is 0 Å². The van der Waals surface area contributed by atoms with Crippen molar-refractivity contribution in [2.45, 2.75) is 44.6 Å². The Morgan fingerprint density at radius 1 is 1.29 bits per heavy atom. The van der Waals surface area contributed by atoms with Crippen molar-refractivity contribution in [2.24, 2.45) is 0 Å². The van der Waals surface area contributed by atoms with E-state index < -0.39 is 0 Å². The van der Waals surface area contributed by atoms with Gasteiger partial charge in [-0.3, -0.25) is 0 Å². The smallest absolute Gasteiger partial charge is 0.0644 e. The lowest BCUT2D eigenvalue weighted by molar-refractivity contribution is 0.158. The van der Waals surface area contributed by atoms with Gasteiger partial charge in [-0.15, -0.1) is 6.58 Å². The van der Waals surface area contributed by atoms with E-state index in [1.165, 1.54) is 32.1 Å². The van der Waals surface area contributed by atoms with Gasteiger partial charge in [-0.1, -0.05) is 25.3 Å². The minimum Gasteiger partial charge on any atom is -0.377 e. The molecule has 0 spiro atoms. The third-order valence-corrected chi connectivity index (χ3v) is 2.74. The second kappa shape index (κ2) is 8.01. The van der Waals surface area contributed by atoms with E-state index in [0.717, 1.165) is 25.6 Å². The number of hydrogen-bond donors (Lipinski definition) is 1. The van der Waals surface area contributed by atoms with E-state index >= 15 is 0 Å². The lowest BCUT2D eigenvalue weighted by Crippen LogP contribution is -2.32. The highest BCUT2D eigenvalue weighted by molar-refractivity contribution is 4.71. The molecule has 1 aliphatic carbocycles. The molecule has 0 aromatic carbocycles. The maximum absolute atomic E-state index is 5.31. The third-order valence-electron chi connectivity index (χ3n) is 2.74. The predicted octanol–water partition coefficient (Wildman–Crippen LogP) is 2.50. The molecule has 14 heavy (non-hydrogen) atoms. The monoisotopic (exact) mass is 197 g/mol. The standard InChI is InChI=1S/C12H23NO/c1-2-10-14-11-6-9-13-12-7-4-3-5-8-12/h2,12-13H,1,3-11H2. The van der Waals surface area contributed by atoms with Crippen molar-refractivity contribution in [3.05, 3.63) is 12.7 Å². The zero-order valence-electron chi connectivity index (χ0n) is 9.13. The van der Waals surface area contributed by atoms with Gasteiger partial charge < -0.3 is 10.1 Å². The maximum atomic E-state index is 5.31. The van der Waals surface area contributed by atoms with Crippen LogP contribution in [0.25, 0.3) is 0 Å². The molecule has 0 atom stereocenters. The molecule has 82 valence electrons. The molecule has 2 nitrogen and oxygen atoms in total. The van der Waals surface area contributed by atoms with Crippen molar-refractivity contribution in [3.8, 4) is 0 Å². The molecule has 0 heterocycles. The highest BCUT2D eigenvalue weighted by Gasteiger charge is 2.11. The summed E-state index contributed by atoms with van der Waals surface area (Å²) in [5.74, 6) is 0. The zero-order valence-corrected chi connectivity index (χ0v) is 9.13. The molecular weight excluding hydrogens is 174 g/mol. The maximum Gasteiger partial charge on any atom is 0.0644 e. The van der Waals surface area contributed by atoms with Crippen molar-refractivity contribution < 1.29 is 4.74 Å². The molecule has 1 saturated carbocycles. The second-order valence-electron chi connectivity index (χ2n) is 4.01. The summed E-state index contributed by atoms with van der Waals surface area (Å²) in [6.45, 7) is 6.25. The van der Waals surface area contributed by atoms with Crippen LogP contribution in [0, 0.1) is 0 Å². The van der Waals surface area contributed by atoms with E-state index in [2.05, 4.69) is 11.9 Å². The van der Waals surface area contributed by atoms with Crippen LogP contribution in [0.3, 0.4) is 0 Å². The molecule has 1 rings (SSSR count). The Hall–Kier alpha value is -0.340. The van der Waals surface area contributed by atoms with E-state index in [-0.39, 0.29) is 0 Å². The lowest BCUT2D eigenvalue weighted by atomic mass is 9.95. The Morgan fingerprint density at radius 3 is 2.79 bits per heavy atom. The van der Waals surface area contributed by atoms with Crippen LogP contribution in [0.5, 0.6) is 0 Å². The average Bonchev–Trinajstić information content (AvgIpc) is 2.25. The molecular formula is C12H23NO. The minimum absolute atomic E-state index is 0.684. The number of nitrogens with one attached hydrogen (secondary N) is 1. The molecule has 1 aliphatic rings. The van der Waals surface area contributed by atoms with Gasteiger partial charge in [-0.05, 0) is 25.8 Å². The molecule has 0 radical (unpaired) electrons. The first-order valence-electron chi connectivity index (χ1n) is 5.85. The highest BCUT2D eigenvalue weighted by Crippen LogP contribution is 2.17. The molecule has 0 aromatic rings. The van der Waals surface area contributed by atoms with E-state index in [1.807, 2.05) is 0 Å². The van der Waals surface area contributed by atoms with Crippen LogP contribution in [-0.2, 0) is 4.74 Å². The largest absolute Gasteiger partial charge is 0.377 e. The summed E-state index contributed by atoms with van der Waals surface area (Å²) in [7, 11) is 0. The third kappa shape index (κ3) is 5.40. The summed E-state index contributed by atoms with van der Waals surface area (Å²) in [5, 5.41) is 3.59. The molecule has 0 aromatic heterocycles. The summed E-state index contributed by atoms with van der Waals surface area (Å²) in [5.41, 5.74) is 0. The van der Waals surface area contributed by atoms with Crippen LogP contribution in [0.2, 0.25) is 0 Å². The summed E-state index contributed by atoms with van der Waals surface area (Å²) in [6, 6.07) is 0.781. The Labute approximate surface area is 87.7 Å². The fourth-order valence-electron chi connectivity index (χ4n) is 1.95. The average molecular weight is 197 g/mol. The van der Waals surface area contributed by atoms with Gasteiger partial charge in [-0.25, -0.2) is 0 Å². The van der Waals surface area contributed by atoms with E-state index in [1.54, 1.807) is 6.08 Å². The second-order valence-corrected chi connectivity index (χ2v) is 4.01. The fourth-order valence-corrected chi connectivity index (χ4v) is 1.95. The van der Waals surface area contributed by atoms with Gasteiger partial charge >= 0.3 is 0 Å². The molecule has 0 saturated heterocycles. The first kappa shape index (κ1) is 11.7. The Bertz CT molecular complexity index is 141. The molecule has 0 unspecified atom stereocenters. The van der Waals surface area contributed by atoms with Crippen LogP contribution in [0.15, 0.2) is 12.7 Å². The number of hydrogen-bond acceptors (Lipinski definition) is 2. The van der Waals surface area contributed by atoms with Crippen LogP contribution in [0.1, 0.15) is 38.5 Å². The normalized spacial score (nSPS) is 18.3. The van der Waals surface area contributed by atoms with Crippen LogP contribution >= 0.6 is 0 Å². The minimum atomic E-state index is 0.684. The Kier molecular flexibility index (Phi) is 6.71. The number of ether oxygens (including phenoxy) is 1. The summed E-state index contributed by atoms with van der Waals surface area (Å²) >= 11 is 0. The van der Waals surface area contributed by atoms with Gasteiger partial charge in [0.1, 0.15) is 0 Å². The highest BCUT2D eigenvalue weighted by atomic mass is 16.5. The van der Waals surface area contributed by atoms with Gasteiger partial charge in [0.05, 0.1) is 6.61 Å². The van der Waals surface area contributed by atoms with Crippen molar-refractivity contribution in [1.29, 1.82) is 0 Å². The first-order chi connectivity index (χ1) is 6.93. The predicted molar refractivity (Wildman–Crippen MR) is 60.5 cm³/mol. The summed E-state index contributed by atoms with van der Waals surface area (Å²) < 4.78 is 5.31. The van der Waals surface area contributed by atoms with Gasteiger partial charge in [0.15, 0.2) is 0 Å². The molecule has 0 aliphatic heterocycles. The fraction of sp³-hybridized carbons (Fsp3) is 0.833. The van der Waals surface area contributed by atoms with Crippen LogP contribution in [0.4, 0.5) is 0 Å². The van der Waals surface area contributed by atoms with E-state index in [4.69, 9.17) is 4.74 Å². The quantitative estimate of drug-likeness (QED) is 0.500. The molecule has 2 heteroatoms. The summed E-state index contributed by atoms with van der Waals surface area (Å²) in [4.78, 5) is 0. The van der Waals surface area contributed by atoms with Crippen LogP contribution in [-0.4, -0.2) is 25.8 Å². The lowest BCUT2D eigenvalue weighted by Gasteiger charge is -2.22. The van der Waals surface area contributed by atoms with Crippen molar-refractivity contribution in [2.75, 3.05) is 19.8 Å². The van der Waals surface area contributed by atoms with Crippen LogP contribution < -0.4 is 5.32 Å². The van der Waals surface area contributed by atoms with Gasteiger partial charge in [0, 0.05) is 12.6 Å². The number of rotatable bonds is 7. The first-order valence-corrected chi connectivity index (χ1v) is 5.85. The topological polar surface area (TPSA) is 21.3 Å². The Balaban J connectivity index is 1.85. The van der Waals surface area contributed by atoms with Crippen molar-refractivity contribution in [3.63, 3.8) is 0 Å². The molecule has 0 bridgehead atoms. The summed E-state index contributed by atoms with van der Waals surface area (Å²) in [6.07, 6.45) is 9.90. The van der Waals surface area contributed by atoms with Crippen molar-refractivity contribution in [1.82, 2.24) is 5.32 Å². The SMILES string of the molecule is C=CCOCCCNC1CCCCC1. The molecule has 1 N–H and O–H groups in total. The zero-order chi connectivity index (χ0) is 10.1. The van der Waals surface area contributed by atoms with E-state index in [9.17, 15) is 0 Å². The Morgan fingerprint density at radius 2 is 2.07 bits per heavy atom. The van der Waals surface area contributed by atoms with E-state index in [0.29, 0.717) is 6.61 Å². The molecule has 0 amide bonds. The van der Waals surface area contributed by atoms with Gasteiger partial charge in [0.25, 0.3) is 0 Å².